The molecule has 0 saturated carbocycles. The molecule has 7 nitrogen and oxygen atoms in total. The van der Waals surface area contributed by atoms with Crippen LogP contribution in [0, 0.1) is 6.92 Å². The van der Waals surface area contributed by atoms with E-state index in [9.17, 15) is 21.6 Å². The zero-order chi connectivity index (χ0) is 22.6. The normalized spacial score (nSPS) is 12.4. The Hall–Kier alpha value is -3.60. The molecule has 0 radical (unpaired) electrons. The molecular formula is C20H16F3N5O2S. The Bertz CT molecular complexity index is 1410. The third-order valence-electron chi connectivity index (χ3n) is 4.87. The van der Waals surface area contributed by atoms with Crippen molar-refractivity contribution in [3.63, 3.8) is 0 Å². The number of halogens is 3. The summed E-state index contributed by atoms with van der Waals surface area (Å²) in [6, 6.07) is 9.99. The van der Waals surface area contributed by atoms with E-state index in [2.05, 4.69) is 9.97 Å². The van der Waals surface area contributed by atoms with Gasteiger partial charge < -0.3 is 11.5 Å². The van der Waals surface area contributed by atoms with Gasteiger partial charge in [0.1, 0.15) is 5.82 Å². The van der Waals surface area contributed by atoms with Crippen LogP contribution in [0.25, 0.3) is 22.2 Å². The van der Waals surface area contributed by atoms with Crippen molar-refractivity contribution < 1.29 is 21.6 Å². The molecule has 11 heteroatoms. The number of nitrogen functional groups attached to an aromatic ring is 2. The summed E-state index contributed by atoms with van der Waals surface area (Å²) in [5.41, 5.74) is 12.3. The molecule has 4 aromatic rings. The van der Waals surface area contributed by atoms with Crippen LogP contribution >= 0.6 is 0 Å². The molecular weight excluding hydrogens is 431 g/mol. The third-order valence-corrected chi connectivity index (χ3v) is 6.56. The highest BCUT2D eigenvalue weighted by Crippen LogP contribution is 2.35. The Labute approximate surface area is 175 Å². The van der Waals surface area contributed by atoms with Crippen LogP contribution in [0.1, 0.15) is 11.1 Å². The standard InChI is InChI=1S/C20H16F3N5O2S/c1-11-17(26-19(25)27-18(11)24)15-10-28(16-5-3-2-4-14(15)16)31(29,30)13-8-6-12(7-9-13)20(21,22)23/h2-10H,1H3,(H4,24,25,26,27). The molecule has 0 spiro atoms. The molecule has 0 saturated heterocycles. The molecule has 0 atom stereocenters. The van der Waals surface area contributed by atoms with Crippen LogP contribution < -0.4 is 11.5 Å². The van der Waals surface area contributed by atoms with Gasteiger partial charge in [0.05, 0.1) is 21.7 Å². The SMILES string of the molecule is Cc1c(N)nc(N)nc1-c1cn(S(=O)(=O)c2ccc(C(F)(F)F)cc2)c2ccccc12. The zero-order valence-electron chi connectivity index (χ0n) is 16.1. The van der Waals surface area contributed by atoms with E-state index < -0.39 is 21.8 Å². The number of rotatable bonds is 3. The van der Waals surface area contributed by atoms with Gasteiger partial charge in [-0.3, -0.25) is 0 Å². The van der Waals surface area contributed by atoms with Crippen LogP contribution in [0.4, 0.5) is 24.9 Å². The molecule has 4 rings (SSSR count). The fourth-order valence-corrected chi connectivity index (χ4v) is 4.65. The summed E-state index contributed by atoms with van der Waals surface area (Å²) in [7, 11) is -4.20. The highest BCUT2D eigenvalue weighted by Gasteiger charge is 2.31. The van der Waals surface area contributed by atoms with Crippen molar-refractivity contribution in [3.8, 4) is 11.3 Å². The quantitative estimate of drug-likeness (QED) is 0.493. The molecule has 0 aliphatic rings. The molecule has 2 aromatic heterocycles. The zero-order valence-corrected chi connectivity index (χ0v) is 16.9. The first kappa shape index (κ1) is 20.7. The van der Waals surface area contributed by atoms with Crippen LogP contribution in [0.3, 0.4) is 0 Å². The molecule has 0 fully saturated rings. The summed E-state index contributed by atoms with van der Waals surface area (Å²) in [6.07, 6.45) is -3.22. The van der Waals surface area contributed by atoms with Crippen molar-refractivity contribution in [2.45, 2.75) is 18.0 Å². The van der Waals surface area contributed by atoms with Gasteiger partial charge >= 0.3 is 6.18 Å². The number of benzene rings is 2. The van der Waals surface area contributed by atoms with Crippen molar-refractivity contribution in [1.82, 2.24) is 13.9 Å². The number of nitrogens with two attached hydrogens (primary N) is 2. The lowest BCUT2D eigenvalue weighted by atomic mass is 10.1. The van der Waals surface area contributed by atoms with Crippen LogP contribution in [-0.2, 0) is 16.2 Å². The first-order valence-corrected chi connectivity index (χ1v) is 10.4. The minimum Gasteiger partial charge on any atom is -0.383 e. The Balaban J connectivity index is 1.94. The van der Waals surface area contributed by atoms with Gasteiger partial charge in [-0.15, -0.1) is 0 Å². The molecule has 0 aliphatic heterocycles. The summed E-state index contributed by atoms with van der Waals surface area (Å²) in [5, 5.41) is 0.554. The maximum Gasteiger partial charge on any atom is 0.416 e. The molecule has 2 heterocycles. The van der Waals surface area contributed by atoms with E-state index in [0.29, 0.717) is 27.7 Å². The van der Waals surface area contributed by atoms with Crippen LogP contribution in [0.2, 0.25) is 0 Å². The fraction of sp³-hybridized carbons (Fsp3) is 0.100. The average Bonchev–Trinajstić information content (AvgIpc) is 3.10. The van der Waals surface area contributed by atoms with E-state index in [1.165, 1.54) is 6.20 Å². The van der Waals surface area contributed by atoms with E-state index in [4.69, 9.17) is 11.5 Å². The van der Waals surface area contributed by atoms with Crippen LogP contribution in [0.5, 0.6) is 0 Å². The van der Waals surface area contributed by atoms with Gasteiger partial charge in [-0.2, -0.15) is 18.2 Å². The lowest BCUT2D eigenvalue weighted by Crippen LogP contribution is -2.12. The van der Waals surface area contributed by atoms with Gasteiger partial charge in [-0.25, -0.2) is 17.4 Å². The largest absolute Gasteiger partial charge is 0.416 e. The van der Waals surface area contributed by atoms with E-state index in [1.807, 2.05) is 0 Å². The van der Waals surface area contributed by atoms with Crippen molar-refractivity contribution in [2.75, 3.05) is 11.5 Å². The molecule has 0 aliphatic carbocycles. The van der Waals surface area contributed by atoms with E-state index in [0.717, 1.165) is 28.2 Å². The number of alkyl halides is 3. The number of para-hydroxylation sites is 1. The summed E-state index contributed by atoms with van der Waals surface area (Å²) >= 11 is 0. The van der Waals surface area contributed by atoms with Gasteiger partial charge in [0.2, 0.25) is 5.95 Å². The summed E-state index contributed by atoms with van der Waals surface area (Å²) in [5.74, 6) is 0.0884. The van der Waals surface area contributed by atoms with E-state index in [1.54, 1.807) is 31.2 Å². The second-order valence-electron chi connectivity index (χ2n) is 6.82. The minimum atomic E-state index is -4.57. The average molecular weight is 447 g/mol. The summed E-state index contributed by atoms with van der Waals surface area (Å²) in [6.45, 7) is 1.68. The highest BCUT2D eigenvalue weighted by atomic mass is 32.2. The number of nitrogens with zero attached hydrogens (tertiary/aromatic N) is 3. The van der Waals surface area contributed by atoms with Gasteiger partial charge in [0, 0.05) is 22.7 Å². The van der Waals surface area contributed by atoms with Crippen LogP contribution in [0.15, 0.2) is 59.6 Å². The summed E-state index contributed by atoms with van der Waals surface area (Å²) in [4.78, 5) is 7.83. The topological polar surface area (TPSA) is 117 Å². The third kappa shape index (κ3) is 3.46. The van der Waals surface area contributed by atoms with E-state index >= 15 is 0 Å². The number of aromatic nitrogens is 3. The first-order chi connectivity index (χ1) is 14.5. The fourth-order valence-electron chi connectivity index (χ4n) is 3.28. The van der Waals surface area contributed by atoms with Gasteiger partial charge in [-0.1, -0.05) is 18.2 Å². The Morgan fingerprint density at radius 2 is 1.61 bits per heavy atom. The Morgan fingerprint density at radius 3 is 2.26 bits per heavy atom. The molecule has 31 heavy (non-hydrogen) atoms. The van der Waals surface area contributed by atoms with Gasteiger partial charge in [0.25, 0.3) is 10.0 Å². The number of anilines is 2. The predicted molar refractivity (Wildman–Crippen MR) is 111 cm³/mol. The molecule has 160 valence electrons. The highest BCUT2D eigenvalue weighted by molar-refractivity contribution is 7.90. The molecule has 2 aromatic carbocycles. The maximum absolute atomic E-state index is 13.3. The second kappa shape index (κ2) is 6.98. The van der Waals surface area contributed by atoms with Crippen LogP contribution in [-0.4, -0.2) is 22.4 Å². The van der Waals surface area contributed by atoms with Gasteiger partial charge in [-0.05, 0) is 37.3 Å². The molecule has 4 N–H and O–H groups in total. The van der Waals surface area contributed by atoms with Crippen molar-refractivity contribution >= 4 is 32.7 Å². The lowest BCUT2D eigenvalue weighted by Gasteiger charge is -2.10. The molecule has 0 bridgehead atoms. The van der Waals surface area contributed by atoms with Gasteiger partial charge in [0.15, 0.2) is 0 Å². The number of fused-ring (bicyclic) bond motifs is 1. The van der Waals surface area contributed by atoms with Crippen molar-refractivity contribution in [3.05, 3.63) is 65.9 Å². The molecule has 0 unspecified atom stereocenters. The van der Waals surface area contributed by atoms with Crippen molar-refractivity contribution in [1.29, 1.82) is 0 Å². The monoisotopic (exact) mass is 447 g/mol. The van der Waals surface area contributed by atoms with E-state index in [-0.39, 0.29) is 16.7 Å². The Kier molecular flexibility index (Phi) is 4.65. The lowest BCUT2D eigenvalue weighted by molar-refractivity contribution is -0.137. The smallest absolute Gasteiger partial charge is 0.383 e. The number of hydrogen-bond donors (Lipinski definition) is 2. The minimum absolute atomic E-state index is 0.0690. The predicted octanol–water partition coefficient (Wildman–Crippen LogP) is 3.83. The summed E-state index contributed by atoms with van der Waals surface area (Å²) < 4.78 is 66.1. The van der Waals surface area contributed by atoms with Crippen molar-refractivity contribution in [2.24, 2.45) is 0 Å². The molecule has 0 amide bonds. The maximum atomic E-state index is 13.3. The Morgan fingerprint density at radius 1 is 0.968 bits per heavy atom. The first-order valence-electron chi connectivity index (χ1n) is 8.93. The second-order valence-corrected chi connectivity index (χ2v) is 8.64. The number of hydrogen-bond acceptors (Lipinski definition) is 6.